The van der Waals surface area contributed by atoms with Gasteiger partial charge in [-0.2, -0.15) is 26.3 Å². The number of esters is 1. The minimum atomic E-state index is -5.79. The molecule has 0 saturated heterocycles. The molecule has 9 heteroatoms. The average Bonchev–Trinajstić information content (AvgIpc) is 2.41. The number of aliphatic hydroxyl groups is 1. The highest BCUT2D eigenvalue weighted by molar-refractivity contribution is 5.89. The highest BCUT2D eigenvalue weighted by atomic mass is 19.4. The molecule has 1 rings (SSSR count). The van der Waals surface area contributed by atoms with Gasteiger partial charge in [-0.15, -0.1) is 0 Å². The summed E-state index contributed by atoms with van der Waals surface area (Å²) in [6.45, 7) is 3.09. The Kier molecular flexibility index (Phi) is 5.89. The summed E-state index contributed by atoms with van der Waals surface area (Å²) in [5, 5.41) is 9.87. The van der Waals surface area contributed by atoms with Crippen LogP contribution in [0.5, 0.6) is 0 Å². The average molecular weight is 334 g/mol. The largest absolute Gasteiger partial charge is 0.439 e. The van der Waals surface area contributed by atoms with E-state index in [4.69, 9.17) is 0 Å². The van der Waals surface area contributed by atoms with Gasteiger partial charge >= 0.3 is 18.3 Å². The first-order chi connectivity index (χ1) is 9.94. The Labute approximate surface area is 122 Å². The zero-order valence-electron chi connectivity index (χ0n) is 11.5. The van der Waals surface area contributed by atoms with E-state index in [2.05, 4.69) is 11.3 Å². The van der Waals surface area contributed by atoms with Crippen molar-refractivity contribution in [3.8, 4) is 0 Å². The maximum Gasteiger partial charge on any atom is 0.434 e. The number of alkyl halides is 6. The molecule has 0 radical (unpaired) electrons. The minimum absolute atomic E-state index is 0.413. The van der Waals surface area contributed by atoms with Gasteiger partial charge in [0.05, 0.1) is 11.7 Å². The lowest BCUT2D eigenvalue weighted by Crippen LogP contribution is -2.46. The molecule has 1 atom stereocenters. The van der Waals surface area contributed by atoms with Gasteiger partial charge in [0.1, 0.15) is 0 Å². The van der Waals surface area contributed by atoms with Crippen LogP contribution < -0.4 is 0 Å². The Morgan fingerprint density at radius 1 is 1.05 bits per heavy atom. The third-order valence-corrected chi connectivity index (χ3v) is 3.54. The Bertz CT molecular complexity index is 395. The van der Waals surface area contributed by atoms with Crippen molar-refractivity contribution < 1.29 is 41.0 Å². The normalized spacial score (nSPS) is 19.1. The number of halogens is 6. The second-order valence-corrected chi connectivity index (χ2v) is 5.24. The van der Waals surface area contributed by atoms with Crippen molar-refractivity contribution in [3.63, 3.8) is 0 Å². The fourth-order valence-corrected chi connectivity index (χ4v) is 2.36. The molecule has 0 aromatic heterocycles. The van der Waals surface area contributed by atoms with Crippen LogP contribution in [0.2, 0.25) is 0 Å². The Morgan fingerprint density at radius 3 is 1.91 bits per heavy atom. The summed E-state index contributed by atoms with van der Waals surface area (Å²) in [7, 11) is 0. The standard InChI is InChI=1S/C13H16F6O3/c1-7(9(20)8-5-3-2-4-6-8)10(21)22-11(12(14,15)16)13(17,18)19/h8-9,11,20H,1-6H2. The van der Waals surface area contributed by atoms with E-state index < -0.39 is 42.0 Å². The lowest BCUT2D eigenvalue weighted by Gasteiger charge is -2.28. The molecule has 1 fully saturated rings. The molecule has 22 heavy (non-hydrogen) atoms. The van der Waals surface area contributed by atoms with E-state index in [0.29, 0.717) is 12.8 Å². The van der Waals surface area contributed by atoms with Crippen LogP contribution in [-0.4, -0.2) is 35.6 Å². The van der Waals surface area contributed by atoms with E-state index in [1.165, 1.54) is 0 Å². The molecule has 1 aliphatic carbocycles. The molecular weight excluding hydrogens is 318 g/mol. The van der Waals surface area contributed by atoms with Crippen molar-refractivity contribution in [3.05, 3.63) is 12.2 Å². The van der Waals surface area contributed by atoms with Crippen LogP contribution in [0.25, 0.3) is 0 Å². The van der Waals surface area contributed by atoms with Gasteiger partial charge in [0, 0.05) is 0 Å². The van der Waals surface area contributed by atoms with Crippen LogP contribution in [0.3, 0.4) is 0 Å². The first-order valence-corrected chi connectivity index (χ1v) is 6.66. The lowest BCUT2D eigenvalue weighted by molar-refractivity contribution is -0.312. The number of carbonyl (C=O) groups is 1. The highest BCUT2D eigenvalue weighted by Crippen LogP contribution is 2.37. The second kappa shape index (κ2) is 6.89. The number of aliphatic hydroxyl groups excluding tert-OH is 1. The van der Waals surface area contributed by atoms with Crippen LogP contribution >= 0.6 is 0 Å². The predicted molar refractivity (Wildman–Crippen MR) is 63.7 cm³/mol. The Hall–Kier alpha value is -1.25. The van der Waals surface area contributed by atoms with Crippen molar-refractivity contribution in [2.24, 2.45) is 5.92 Å². The third-order valence-electron chi connectivity index (χ3n) is 3.54. The van der Waals surface area contributed by atoms with Gasteiger partial charge in [-0.25, -0.2) is 4.79 Å². The fraction of sp³-hybridized carbons (Fsp3) is 0.769. The second-order valence-electron chi connectivity index (χ2n) is 5.24. The number of hydrogen-bond donors (Lipinski definition) is 1. The van der Waals surface area contributed by atoms with E-state index in [1.807, 2.05) is 0 Å². The van der Waals surface area contributed by atoms with Crippen molar-refractivity contribution in [2.75, 3.05) is 0 Å². The van der Waals surface area contributed by atoms with Crippen molar-refractivity contribution in [1.82, 2.24) is 0 Å². The molecule has 1 N–H and O–H groups in total. The van der Waals surface area contributed by atoms with Gasteiger partial charge in [0.2, 0.25) is 0 Å². The van der Waals surface area contributed by atoms with Crippen LogP contribution in [0.15, 0.2) is 12.2 Å². The Balaban J connectivity index is 2.75. The molecule has 1 unspecified atom stereocenters. The molecule has 0 amide bonds. The zero-order valence-corrected chi connectivity index (χ0v) is 11.5. The molecule has 0 aliphatic heterocycles. The SMILES string of the molecule is C=C(C(=O)OC(C(F)(F)F)C(F)(F)F)C(O)C1CCCCC1. The molecule has 0 bridgehead atoms. The van der Waals surface area contributed by atoms with Crippen LogP contribution in [-0.2, 0) is 9.53 Å². The summed E-state index contributed by atoms with van der Waals surface area (Å²) in [5.74, 6) is -2.30. The number of hydrogen-bond acceptors (Lipinski definition) is 3. The van der Waals surface area contributed by atoms with Gasteiger partial charge in [0.25, 0.3) is 6.10 Å². The maximum absolute atomic E-state index is 12.3. The molecule has 0 heterocycles. The van der Waals surface area contributed by atoms with Crippen molar-refractivity contribution in [1.29, 1.82) is 0 Å². The summed E-state index contributed by atoms with van der Waals surface area (Å²) in [5.41, 5.74) is -0.787. The zero-order chi connectivity index (χ0) is 17.1. The van der Waals surface area contributed by atoms with Crippen LogP contribution in [0.4, 0.5) is 26.3 Å². The first-order valence-electron chi connectivity index (χ1n) is 6.66. The molecular formula is C13H16F6O3. The quantitative estimate of drug-likeness (QED) is 0.486. The summed E-state index contributed by atoms with van der Waals surface area (Å²) < 4.78 is 77.3. The molecule has 128 valence electrons. The Morgan fingerprint density at radius 2 is 1.50 bits per heavy atom. The number of rotatable bonds is 4. The monoisotopic (exact) mass is 334 g/mol. The summed E-state index contributed by atoms with van der Waals surface area (Å²) >= 11 is 0. The number of carbonyl (C=O) groups excluding carboxylic acids is 1. The summed E-state index contributed by atoms with van der Waals surface area (Å²) in [6, 6.07) is 0. The molecule has 1 aliphatic rings. The van der Waals surface area contributed by atoms with E-state index in [0.717, 1.165) is 19.3 Å². The predicted octanol–water partition coefficient (Wildman–Crippen LogP) is 3.52. The molecule has 0 aromatic rings. The minimum Gasteiger partial charge on any atom is -0.439 e. The first kappa shape index (κ1) is 18.8. The van der Waals surface area contributed by atoms with E-state index in [9.17, 15) is 36.2 Å². The van der Waals surface area contributed by atoms with Gasteiger partial charge in [-0.3, -0.25) is 0 Å². The van der Waals surface area contributed by atoms with Gasteiger partial charge in [-0.1, -0.05) is 25.8 Å². The highest BCUT2D eigenvalue weighted by Gasteiger charge is 2.60. The molecule has 0 spiro atoms. The lowest BCUT2D eigenvalue weighted by atomic mass is 9.83. The van der Waals surface area contributed by atoms with Crippen LogP contribution in [0.1, 0.15) is 32.1 Å². The molecule has 1 saturated carbocycles. The van der Waals surface area contributed by atoms with Crippen molar-refractivity contribution in [2.45, 2.75) is 56.7 Å². The summed E-state index contributed by atoms with van der Waals surface area (Å²) in [6.07, 6.45) is -13.8. The fourth-order valence-electron chi connectivity index (χ4n) is 2.36. The molecule has 0 aromatic carbocycles. The van der Waals surface area contributed by atoms with Crippen LogP contribution in [0, 0.1) is 5.92 Å². The third kappa shape index (κ3) is 4.89. The van der Waals surface area contributed by atoms with Gasteiger partial charge < -0.3 is 9.84 Å². The summed E-state index contributed by atoms with van der Waals surface area (Å²) in [4.78, 5) is 11.4. The topological polar surface area (TPSA) is 46.5 Å². The smallest absolute Gasteiger partial charge is 0.434 e. The molecule has 3 nitrogen and oxygen atoms in total. The van der Waals surface area contributed by atoms with E-state index >= 15 is 0 Å². The van der Waals surface area contributed by atoms with Crippen molar-refractivity contribution >= 4 is 5.97 Å². The van der Waals surface area contributed by atoms with E-state index in [1.54, 1.807) is 0 Å². The van der Waals surface area contributed by atoms with Gasteiger partial charge in [-0.05, 0) is 18.8 Å². The maximum atomic E-state index is 12.3. The van der Waals surface area contributed by atoms with E-state index in [-0.39, 0.29) is 0 Å². The van der Waals surface area contributed by atoms with Gasteiger partial charge in [0.15, 0.2) is 0 Å². The number of ether oxygens (including phenoxy) is 1.